The van der Waals surface area contributed by atoms with E-state index in [2.05, 4.69) is 0 Å². The maximum atomic E-state index is 10.5. The van der Waals surface area contributed by atoms with Crippen molar-refractivity contribution in [1.82, 2.24) is 4.90 Å². The van der Waals surface area contributed by atoms with Crippen LogP contribution in [0, 0.1) is 0 Å². The molecule has 0 aliphatic rings. The Hall–Kier alpha value is -0.240. The summed E-state index contributed by atoms with van der Waals surface area (Å²) in [5.74, 6) is 0.0683. The molecule has 0 aromatic carbocycles. The molecule has 0 saturated heterocycles. The van der Waals surface area contributed by atoms with E-state index in [-0.39, 0.29) is 11.8 Å². The second-order valence-corrected chi connectivity index (χ2v) is 1.81. The summed E-state index contributed by atoms with van der Waals surface area (Å²) in [6.07, 6.45) is 0. The van der Waals surface area contributed by atoms with Gasteiger partial charge in [-0.15, -0.1) is 11.6 Å². The molecule has 3 heteroatoms. The van der Waals surface area contributed by atoms with E-state index < -0.39 is 0 Å². The second-order valence-electron chi connectivity index (χ2n) is 1.54. The van der Waals surface area contributed by atoms with Gasteiger partial charge in [-0.3, -0.25) is 4.79 Å². The lowest BCUT2D eigenvalue weighted by Crippen LogP contribution is -2.26. The fourth-order valence-corrected chi connectivity index (χ4v) is 0.482. The van der Waals surface area contributed by atoms with Crippen LogP contribution in [0.2, 0.25) is 0 Å². The van der Waals surface area contributed by atoms with Crippen LogP contribution in [0.25, 0.3) is 0 Å². The van der Waals surface area contributed by atoms with Crippen molar-refractivity contribution in [3.8, 4) is 0 Å². The predicted molar refractivity (Wildman–Crippen MR) is 34.0 cm³/mol. The predicted octanol–water partition coefficient (Wildman–Crippen LogP) is 0.704. The van der Waals surface area contributed by atoms with Gasteiger partial charge in [-0.25, -0.2) is 0 Å². The zero-order valence-electron chi connectivity index (χ0n) is 5.15. The van der Waals surface area contributed by atoms with E-state index in [1.807, 2.05) is 6.92 Å². The van der Waals surface area contributed by atoms with Crippen LogP contribution in [0.15, 0.2) is 0 Å². The average molecular weight is 136 g/mol. The van der Waals surface area contributed by atoms with Gasteiger partial charge in [-0.1, -0.05) is 0 Å². The number of amides is 1. The number of carbonyl (C=O) groups is 1. The average Bonchev–Trinajstić information content (AvgIpc) is 1.84. The standard InChI is InChI=1S/C5H10ClNO/c1-3-7(2)5(8)4-6/h3-4H2,1-2H3. The molecule has 0 N–H and O–H groups in total. The molecule has 0 aliphatic heterocycles. The number of carbonyl (C=O) groups excluding carboxylic acids is 1. The first-order chi connectivity index (χ1) is 3.72. The zero-order valence-corrected chi connectivity index (χ0v) is 5.90. The van der Waals surface area contributed by atoms with Gasteiger partial charge in [0, 0.05) is 13.6 Å². The molecule has 0 radical (unpaired) electrons. The van der Waals surface area contributed by atoms with E-state index in [0.717, 1.165) is 6.54 Å². The first-order valence-corrected chi connectivity index (χ1v) is 3.05. The minimum atomic E-state index is -0.0193. The van der Waals surface area contributed by atoms with Crippen molar-refractivity contribution < 1.29 is 4.79 Å². The highest BCUT2D eigenvalue weighted by Gasteiger charge is 2.01. The SMILES string of the molecule is CCN(C)C(=O)CCl. The van der Waals surface area contributed by atoms with Crippen LogP contribution in [0.4, 0.5) is 0 Å². The fourth-order valence-electron chi connectivity index (χ4n) is 0.278. The molecule has 0 fully saturated rings. The molecule has 48 valence electrons. The third-order valence-electron chi connectivity index (χ3n) is 1.01. The van der Waals surface area contributed by atoms with Gasteiger partial charge < -0.3 is 4.90 Å². The Bertz CT molecular complexity index is 84.5. The summed E-state index contributed by atoms with van der Waals surface area (Å²) in [5.41, 5.74) is 0. The molecular formula is C5H10ClNO. The summed E-state index contributed by atoms with van der Waals surface area (Å²) in [5, 5.41) is 0. The molecule has 0 atom stereocenters. The van der Waals surface area contributed by atoms with Crippen LogP contribution in [-0.4, -0.2) is 30.3 Å². The molecule has 0 saturated carbocycles. The summed E-state index contributed by atoms with van der Waals surface area (Å²) >= 11 is 5.23. The molecule has 8 heavy (non-hydrogen) atoms. The Kier molecular flexibility index (Phi) is 3.61. The maximum absolute atomic E-state index is 10.5. The topological polar surface area (TPSA) is 20.3 Å². The highest BCUT2D eigenvalue weighted by atomic mass is 35.5. The monoisotopic (exact) mass is 135 g/mol. The number of rotatable bonds is 2. The fraction of sp³-hybridized carbons (Fsp3) is 0.800. The van der Waals surface area contributed by atoms with Crippen molar-refractivity contribution in [2.45, 2.75) is 6.92 Å². The minimum Gasteiger partial charge on any atom is -0.345 e. The molecule has 0 heterocycles. The second kappa shape index (κ2) is 3.72. The van der Waals surface area contributed by atoms with Crippen molar-refractivity contribution in [3.63, 3.8) is 0 Å². The molecule has 0 bridgehead atoms. The van der Waals surface area contributed by atoms with Crippen molar-refractivity contribution in [1.29, 1.82) is 0 Å². The highest BCUT2D eigenvalue weighted by Crippen LogP contribution is 1.84. The summed E-state index contributed by atoms with van der Waals surface area (Å²) in [4.78, 5) is 12.1. The number of nitrogens with zero attached hydrogens (tertiary/aromatic N) is 1. The molecule has 0 rings (SSSR count). The lowest BCUT2D eigenvalue weighted by Gasteiger charge is -2.10. The van der Waals surface area contributed by atoms with E-state index in [1.54, 1.807) is 11.9 Å². The third-order valence-corrected chi connectivity index (χ3v) is 1.24. The molecule has 0 aliphatic carbocycles. The number of hydrogen-bond donors (Lipinski definition) is 0. The van der Waals surface area contributed by atoms with Crippen molar-refractivity contribution in [2.75, 3.05) is 19.5 Å². The van der Waals surface area contributed by atoms with Crippen LogP contribution < -0.4 is 0 Å². The van der Waals surface area contributed by atoms with Crippen LogP contribution >= 0.6 is 11.6 Å². The molecule has 0 aromatic heterocycles. The highest BCUT2D eigenvalue weighted by molar-refractivity contribution is 6.27. The van der Waals surface area contributed by atoms with Gasteiger partial charge in [0.25, 0.3) is 0 Å². The molecule has 0 unspecified atom stereocenters. The molecule has 1 amide bonds. The maximum Gasteiger partial charge on any atom is 0.237 e. The van der Waals surface area contributed by atoms with Gasteiger partial charge >= 0.3 is 0 Å². The Morgan fingerprint density at radius 2 is 2.25 bits per heavy atom. The van der Waals surface area contributed by atoms with Crippen molar-refractivity contribution >= 4 is 17.5 Å². The molecular weight excluding hydrogens is 126 g/mol. The van der Waals surface area contributed by atoms with Gasteiger partial charge in [0.1, 0.15) is 5.88 Å². The number of hydrogen-bond acceptors (Lipinski definition) is 1. The molecule has 0 aromatic rings. The third kappa shape index (κ3) is 2.17. The first kappa shape index (κ1) is 7.76. The van der Waals surface area contributed by atoms with Gasteiger partial charge in [-0.05, 0) is 6.92 Å². The van der Waals surface area contributed by atoms with Crippen LogP contribution in [0.3, 0.4) is 0 Å². The van der Waals surface area contributed by atoms with E-state index in [0.29, 0.717) is 0 Å². The van der Waals surface area contributed by atoms with E-state index >= 15 is 0 Å². The summed E-state index contributed by atoms with van der Waals surface area (Å²) in [6, 6.07) is 0. The number of alkyl halides is 1. The largest absolute Gasteiger partial charge is 0.345 e. The zero-order chi connectivity index (χ0) is 6.57. The van der Waals surface area contributed by atoms with Gasteiger partial charge in [-0.2, -0.15) is 0 Å². The Morgan fingerprint density at radius 3 is 2.38 bits per heavy atom. The quantitative estimate of drug-likeness (QED) is 0.511. The van der Waals surface area contributed by atoms with Crippen LogP contribution in [0.5, 0.6) is 0 Å². The molecule has 2 nitrogen and oxygen atoms in total. The van der Waals surface area contributed by atoms with Gasteiger partial charge in [0.2, 0.25) is 5.91 Å². The van der Waals surface area contributed by atoms with Gasteiger partial charge in [0.05, 0.1) is 0 Å². The first-order valence-electron chi connectivity index (χ1n) is 2.52. The van der Waals surface area contributed by atoms with E-state index in [4.69, 9.17) is 11.6 Å². The summed E-state index contributed by atoms with van der Waals surface area (Å²) in [6.45, 7) is 2.63. The normalized spacial score (nSPS) is 8.88. The Morgan fingerprint density at radius 1 is 1.75 bits per heavy atom. The smallest absolute Gasteiger partial charge is 0.237 e. The molecule has 0 spiro atoms. The van der Waals surface area contributed by atoms with Crippen molar-refractivity contribution in [3.05, 3.63) is 0 Å². The minimum absolute atomic E-state index is 0.0193. The summed E-state index contributed by atoms with van der Waals surface area (Å²) < 4.78 is 0. The van der Waals surface area contributed by atoms with Gasteiger partial charge in [0.15, 0.2) is 0 Å². The Labute approximate surface area is 54.4 Å². The lowest BCUT2D eigenvalue weighted by atomic mass is 10.5. The van der Waals surface area contributed by atoms with Crippen LogP contribution in [-0.2, 0) is 4.79 Å². The van der Waals surface area contributed by atoms with Crippen molar-refractivity contribution in [2.24, 2.45) is 0 Å². The number of halogens is 1. The Balaban J connectivity index is 3.46. The lowest BCUT2D eigenvalue weighted by molar-refractivity contribution is -0.126. The van der Waals surface area contributed by atoms with E-state index in [1.165, 1.54) is 0 Å². The summed E-state index contributed by atoms with van der Waals surface area (Å²) in [7, 11) is 1.73. The van der Waals surface area contributed by atoms with Crippen LogP contribution in [0.1, 0.15) is 6.92 Å². The van der Waals surface area contributed by atoms with E-state index in [9.17, 15) is 4.79 Å².